The zero-order valence-electron chi connectivity index (χ0n) is 13.2. The fourth-order valence-corrected chi connectivity index (χ4v) is 5.87. The van der Waals surface area contributed by atoms with Crippen LogP contribution in [-0.4, -0.2) is 31.5 Å². The predicted octanol–water partition coefficient (Wildman–Crippen LogP) is 3.36. The lowest BCUT2D eigenvalue weighted by Crippen LogP contribution is -2.60. The summed E-state index contributed by atoms with van der Waals surface area (Å²) in [4.78, 5) is 0.986. The second kappa shape index (κ2) is 5.93. The summed E-state index contributed by atoms with van der Waals surface area (Å²) in [5, 5.41) is 11.0. The van der Waals surface area contributed by atoms with Gasteiger partial charge in [-0.05, 0) is 30.7 Å². The SMILES string of the molecule is CN1C(=N)N[C@](C)(c2sc(-c3cc(F)cc(F)c3)cc2Cl)CS1(=O)=O. The molecule has 0 radical (unpaired) electrons. The molecule has 0 bridgehead atoms. The maximum absolute atomic E-state index is 13.5. The van der Waals surface area contributed by atoms with E-state index < -0.39 is 27.2 Å². The lowest BCUT2D eigenvalue weighted by atomic mass is 10.0. The first-order valence-corrected chi connectivity index (χ1v) is 9.92. The van der Waals surface area contributed by atoms with E-state index in [1.807, 2.05) is 0 Å². The van der Waals surface area contributed by atoms with Crippen LogP contribution in [0.5, 0.6) is 0 Å². The Morgan fingerprint density at radius 2 is 1.88 bits per heavy atom. The Labute approximate surface area is 152 Å². The van der Waals surface area contributed by atoms with Crippen LogP contribution in [0.3, 0.4) is 0 Å². The van der Waals surface area contributed by atoms with E-state index in [4.69, 9.17) is 17.0 Å². The molecule has 2 N–H and O–H groups in total. The first-order chi connectivity index (χ1) is 11.5. The third-order valence-corrected chi connectivity index (χ3v) is 7.75. The Hall–Kier alpha value is -1.71. The number of hydrogen-bond donors (Lipinski definition) is 2. The molecule has 0 amide bonds. The van der Waals surface area contributed by atoms with Crippen molar-refractivity contribution in [3.05, 3.63) is 45.8 Å². The number of hydrogen-bond acceptors (Lipinski definition) is 4. The maximum Gasteiger partial charge on any atom is 0.239 e. The van der Waals surface area contributed by atoms with Gasteiger partial charge in [0.25, 0.3) is 0 Å². The highest BCUT2D eigenvalue weighted by Crippen LogP contribution is 2.42. The quantitative estimate of drug-likeness (QED) is 0.804. The average molecular weight is 406 g/mol. The molecule has 0 spiro atoms. The van der Waals surface area contributed by atoms with Crippen molar-refractivity contribution in [2.45, 2.75) is 12.5 Å². The molecule has 134 valence electrons. The van der Waals surface area contributed by atoms with E-state index >= 15 is 0 Å². The third-order valence-electron chi connectivity index (χ3n) is 3.93. The minimum absolute atomic E-state index is 0.267. The summed E-state index contributed by atoms with van der Waals surface area (Å²) in [6.45, 7) is 1.62. The number of guanidine groups is 1. The molecule has 1 aromatic heterocycles. The topological polar surface area (TPSA) is 73.3 Å². The largest absolute Gasteiger partial charge is 0.344 e. The summed E-state index contributed by atoms with van der Waals surface area (Å²) in [6.07, 6.45) is 0. The van der Waals surface area contributed by atoms with Crippen LogP contribution in [-0.2, 0) is 15.6 Å². The number of thiophene rings is 1. The van der Waals surface area contributed by atoms with Gasteiger partial charge in [-0.1, -0.05) is 11.6 Å². The Morgan fingerprint density at radius 1 is 1.28 bits per heavy atom. The lowest BCUT2D eigenvalue weighted by Gasteiger charge is -2.39. The number of halogens is 3. The summed E-state index contributed by atoms with van der Waals surface area (Å²) >= 11 is 7.41. The maximum atomic E-state index is 13.5. The molecule has 1 aliphatic rings. The smallest absolute Gasteiger partial charge is 0.239 e. The van der Waals surface area contributed by atoms with Crippen molar-refractivity contribution in [3.63, 3.8) is 0 Å². The Balaban J connectivity index is 2.07. The van der Waals surface area contributed by atoms with Crippen molar-refractivity contribution < 1.29 is 17.2 Å². The van der Waals surface area contributed by atoms with Crippen molar-refractivity contribution in [1.29, 1.82) is 5.41 Å². The summed E-state index contributed by atoms with van der Waals surface area (Å²) < 4.78 is 52.3. The molecule has 10 heteroatoms. The van der Waals surface area contributed by atoms with E-state index in [1.54, 1.807) is 6.92 Å². The number of benzene rings is 1. The number of rotatable bonds is 2. The molecule has 25 heavy (non-hydrogen) atoms. The molecule has 1 aromatic carbocycles. The van der Waals surface area contributed by atoms with Gasteiger partial charge in [-0.3, -0.25) is 5.41 Å². The van der Waals surface area contributed by atoms with Gasteiger partial charge in [0, 0.05) is 18.0 Å². The zero-order chi connectivity index (χ0) is 18.6. The molecule has 1 saturated heterocycles. The van der Waals surface area contributed by atoms with Crippen LogP contribution in [0.1, 0.15) is 11.8 Å². The monoisotopic (exact) mass is 405 g/mol. The normalized spacial score (nSPS) is 22.8. The van der Waals surface area contributed by atoms with Crippen LogP contribution < -0.4 is 5.32 Å². The van der Waals surface area contributed by atoms with Crippen molar-refractivity contribution in [2.24, 2.45) is 0 Å². The number of nitrogens with one attached hydrogen (secondary N) is 2. The van der Waals surface area contributed by atoms with Gasteiger partial charge in [-0.15, -0.1) is 11.3 Å². The molecule has 0 aliphatic carbocycles. The molecular formula is C15H14ClF2N3O2S2. The zero-order valence-corrected chi connectivity index (χ0v) is 15.6. The fraction of sp³-hybridized carbons (Fsp3) is 0.267. The standard InChI is InChI=1S/C15H14ClF2N3O2S2/c1-15(7-25(22,23)21(2)14(19)20-15)13-11(16)6-12(24-13)8-3-9(17)5-10(18)4-8/h3-6H,7H2,1-2H3,(H2,19,20)/t15-/m0/s1. The molecule has 1 fully saturated rings. The van der Waals surface area contributed by atoms with Gasteiger partial charge in [0.15, 0.2) is 0 Å². The van der Waals surface area contributed by atoms with Gasteiger partial charge >= 0.3 is 0 Å². The van der Waals surface area contributed by atoms with Crippen LogP contribution in [0, 0.1) is 17.0 Å². The average Bonchev–Trinajstić information content (AvgIpc) is 2.86. The highest BCUT2D eigenvalue weighted by atomic mass is 35.5. The minimum Gasteiger partial charge on any atom is -0.344 e. The van der Waals surface area contributed by atoms with Gasteiger partial charge in [-0.25, -0.2) is 21.5 Å². The van der Waals surface area contributed by atoms with Crippen molar-refractivity contribution >= 4 is 38.9 Å². The number of nitrogens with zero attached hydrogens (tertiary/aromatic N) is 1. The van der Waals surface area contributed by atoms with Gasteiger partial charge < -0.3 is 5.32 Å². The summed E-state index contributed by atoms with van der Waals surface area (Å²) in [5.41, 5.74) is -0.806. The predicted molar refractivity (Wildman–Crippen MR) is 94.4 cm³/mol. The van der Waals surface area contributed by atoms with Crippen LogP contribution in [0.2, 0.25) is 5.02 Å². The second-order valence-electron chi connectivity index (χ2n) is 5.98. The van der Waals surface area contributed by atoms with Crippen molar-refractivity contribution in [3.8, 4) is 10.4 Å². The van der Waals surface area contributed by atoms with Crippen LogP contribution in [0.25, 0.3) is 10.4 Å². The van der Waals surface area contributed by atoms with Crippen molar-refractivity contribution in [1.82, 2.24) is 9.62 Å². The third kappa shape index (κ3) is 3.23. The lowest BCUT2D eigenvalue weighted by molar-refractivity contribution is 0.424. The first kappa shape index (κ1) is 18.1. The fourth-order valence-electron chi connectivity index (χ4n) is 2.68. The molecular weight excluding hydrogens is 392 g/mol. The molecule has 0 saturated carbocycles. The number of sulfonamides is 1. The molecule has 5 nitrogen and oxygen atoms in total. The van der Waals surface area contributed by atoms with E-state index in [1.165, 1.54) is 25.2 Å². The molecule has 0 unspecified atom stereocenters. The van der Waals surface area contributed by atoms with Crippen LogP contribution >= 0.6 is 22.9 Å². The summed E-state index contributed by atoms with van der Waals surface area (Å²) in [7, 11) is -2.38. The molecule has 2 heterocycles. The summed E-state index contributed by atoms with van der Waals surface area (Å²) in [6, 6.07) is 4.67. The minimum atomic E-state index is -3.68. The highest BCUT2D eigenvalue weighted by molar-refractivity contribution is 7.89. The van der Waals surface area contributed by atoms with E-state index in [0.29, 0.717) is 15.3 Å². The van der Waals surface area contributed by atoms with Gasteiger partial charge in [0.1, 0.15) is 11.6 Å². The molecule has 1 atom stereocenters. The second-order valence-corrected chi connectivity index (χ2v) is 9.43. The molecule has 1 aliphatic heterocycles. The van der Waals surface area contributed by atoms with E-state index in [2.05, 4.69) is 5.32 Å². The van der Waals surface area contributed by atoms with E-state index in [9.17, 15) is 17.2 Å². The van der Waals surface area contributed by atoms with E-state index in [0.717, 1.165) is 21.7 Å². The van der Waals surface area contributed by atoms with Crippen LogP contribution in [0.4, 0.5) is 8.78 Å². The molecule has 2 aromatic rings. The Morgan fingerprint density at radius 3 is 2.44 bits per heavy atom. The first-order valence-electron chi connectivity index (χ1n) is 7.11. The van der Waals surface area contributed by atoms with Gasteiger partial charge in [-0.2, -0.15) is 0 Å². The van der Waals surface area contributed by atoms with Gasteiger partial charge in [0.2, 0.25) is 16.0 Å². The Kier molecular flexibility index (Phi) is 4.29. The van der Waals surface area contributed by atoms with Crippen molar-refractivity contribution in [2.75, 3.05) is 12.8 Å². The summed E-state index contributed by atoms with van der Waals surface area (Å²) in [5.74, 6) is -1.99. The highest BCUT2D eigenvalue weighted by Gasteiger charge is 2.44. The van der Waals surface area contributed by atoms with E-state index in [-0.39, 0.29) is 16.7 Å². The van der Waals surface area contributed by atoms with Crippen LogP contribution in [0.15, 0.2) is 24.3 Å². The Bertz CT molecular complexity index is 957. The van der Waals surface area contributed by atoms with Gasteiger partial charge in [0.05, 0.1) is 21.2 Å². The molecule has 3 rings (SSSR count).